The van der Waals surface area contributed by atoms with Crippen LogP contribution in [0.3, 0.4) is 0 Å². The summed E-state index contributed by atoms with van der Waals surface area (Å²) in [4.78, 5) is 27.6. The number of hydrogen-bond donors (Lipinski definition) is 2. The first-order chi connectivity index (χ1) is 16.6. The van der Waals surface area contributed by atoms with Gasteiger partial charge in [0, 0.05) is 42.7 Å². The lowest BCUT2D eigenvalue weighted by Gasteiger charge is -2.26. The Labute approximate surface area is 199 Å². The van der Waals surface area contributed by atoms with Gasteiger partial charge in [-0.15, -0.1) is 0 Å². The summed E-state index contributed by atoms with van der Waals surface area (Å²) >= 11 is 0. The Balaban J connectivity index is 1.44. The van der Waals surface area contributed by atoms with Gasteiger partial charge in [0.05, 0.1) is 26.4 Å². The molecule has 2 N–H and O–H groups in total. The summed E-state index contributed by atoms with van der Waals surface area (Å²) in [5.41, 5.74) is 4.73. The average Bonchev–Trinajstić information content (AvgIpc) is 2.87. The van der Waals surface area contributed by atoms with E-state index in [-0.39, 0.29) is 18.4 Å². The van der Waals surface area contributed by atoms with E-state index in [0.29, 0.717) is 36.8 Å². The predicted octanol–water partition coefficient (Wildman–Crippen LogP) is 4.02. The third-order valence-corrected chi connectivity index (χ3v) is 5.67. The van der Waals surface area contributed by atoms with Crippen molar-refractivity contribution in [3.63, 3.8) is 0 Å². The minimum atomic E-state index is -0.250. The van der Waals surface area contributed by atoms with Crippen LogP contribution in [0.25, 0.3) is 11.1 Å². The molecule has 1 heterocycles. The number of amides is 2. The maximum absolute atomic E-state index is 12.9. The second-order valence-electron chi connectivity index (χ2n) is 8.14. The van der Waals surface area contributed by atoms with E-state index < -0.39 is 0 Å². The van der Waals surface area contributed by atoms with Crippen LogP contribution >= 0.6 is 0 Å². The highest BCUT2D eigenvalue weighted by Crippen LogP contribution is 2.23. The number of methoxy groups -OCH3 is 1. The number of hydrogen-bond acceptors (Lipinski definition) is 5. The summed E-state index contributed by atoms with van der Waals surface area (Å²) in [5.74, 6) is -0.381. The lowest BCUT2D eigenvalue weighted by atomic mass is 10.1. The van der Waals surface area contributed by atoms with Crippen molar-refractivity contribution in [2.45, 2.75) is 6.61 Å². The number of carbonyl (C=O) groups is 2. The van der Waals surface area contributed by atoms with Gasteiger partial charge in [-0.2, -0.15) is 0 Å². The van der Waals surface area contributed by atoms with Crippen molar-refractivity contribution in [2.75, 3.05) is 50.6 Å². The minimum absolute atomic E-state index is 0.131. The number of carbonyl (C=O) groups excluding carboxylic acids is 2. The molecule has 0 atom stereocenters. The van der Waals surface area contributed by atoms with Gasteiger partial charge in [-0.05, 0) is 35.4 Å². The molecule has 0 unspecified atom stereocenters. The highest BCUT2D eigenvalue weighted by atomic mass is 16.5. The fourth-order valence-corrected chi connectivity index (χ4v) is 3.85. The number of anilines is 2. The summed E-state index contributed by atoms with van der Waals surface area (Å²) in [6, 6.07) is 23.0. The van der Waals surface area contributed by atoms with Gasteiger partial charge in [0.15, 0.2) is 0 Å². The Kier molecular flexibility index (Phi) is 8.04. The van der Waals surface area contributed by atoms with E-state index in [0.717, 1.165) is 29.8 Å². The smallest absolute Gasteiger partial charge is 0.255 e. The quantitative estimate of drug-likeness (QED) is 0.532. The summed E-state index contributed by atoms with van der Waals surface area (Å²) in [6.07, 6.45) is 0. The summed E-state index contributed by atoms with van der Waals surface area (Å²) < 4.78 is 10.6. The van der Waals surface area contributed by atoms with Crippen molar-refractivity contribution in [3.05, 3.63) is 83.9 Å². The van der Waals surface area contributed by atoms with E-state index in [9.17, 15) is 9.59 Å². The van der Waals surface area contributed by atoms with Crippen molar-refractivity contribution in [2.24, 2.45) is 0 Å². The highest BCUT2D eigenvalue weighted by Gasteiger charge is 2.17. The Morgan fingerprint density at radius 1 is 0.912 bits per heavy atom. The van der Waals surface area contributed by atoms with Gasteiger partial charge in [-0.25, -0.2) is 0 Å². The molecule has 1 saturated heterocycles. The zero-order valence-electron chi connectivity index (χ0n) is 19.3. The van der Waals surface area contributed by atoms with Crippen molar-refractivity contribution in [3.8, 4) is 11.1 Å². The second kappa shape index (κ2) is 11.6. The molecule has 0 saturated carbocycles. The molecule has 0 aromatic heterocycles. The lowest BCUT2D eigenvalue weighted by molar-refractivity contribution is -0.118. The number of nitrogens with one attached hydrogen (secondary N) is 2. The standard InChI is InChI=1S/C27H29N3O4/c1-33-19-23-8-7-22(17-25(23)29-26(31)18-30-13-15-34-16-14-30)27(32)28-24-11-9-21(10-12-24)20-5-3-2-4-6-20/h2-12,17H,13-16,18-19H2,1H3,(H,28,32)(H,29,31). The lowest BCUT2D eigenvalue weighted by Crippen LogP contribution is -2.41. The minimum Gasteiger partial charge on any atom is -0.380 e. The van der Waals surface area contributed by atoms with E-state index in [1.54, 1.807) is 25.3 Å². The molecule has 1 aliphatic heterocycles. The first-order valence-electron chi connectivity index (χ1n) is 11.3. The van der Waals surface area contributed by atoms with E-state index >= 15 is 0 Å². The van der Waals surface area contributed by atoms with Crippen LogP contribution in [0.4, 0.5) is 11.4 Å². The molecule has 7 heteroatoms. The Morgan fingerprint density at radius 3 is 2.32 bits per heavy atom. The van der Waals surface area contributed by atoms with Gasteiger partial charge in [0.1, 0.15) is 0 Å². The molecule has 1 aliphatic rings. The number of rotatable bonds is 8. The van der Waals surface area contributed by atoms with Crippen LogP contribution in [-0.4, -0.2) is 56.7 Å². The molecule has 176 valence electrons. The van der Waals surface area contributed by atoms with Crippen LogP contribution in [0, 0.1) is 0 Å². The molecule has 7 nitrogen and oxygen atoms in total. The van der Waals surface area contributed by atoms with Gasteiger partial charge < -0.3 is 20.1 Å². The molecule has 0 bridgehead atoms. The first kappa shape index (κ1) is 23.6. The van der Waals surface area contributed by atoms with Crippen LogP contribution < -0.4 is 10.6 Å². The van der Waals surface area contributed by atoms with Gasteiger partial charge in [0.25, 0.3) is 5.91 Å². The number of ether oxygens (including phenoxy) is 2. The molecule has 0 spiro atoms. The monoisotopic (exact) mass is 459 g/mol. The molecule has 2 amide bonds. The van der Waals surface area contributed by atoms with E-state index in [2.05, 4.69) is 10.6 Å². The molecule has 34 heavy (non-hydrogen) atoms. The van der Waals surface area contributed by atoms with E-state index in [1.165, 1.54) is 0 Å². The van der Waals surface area contributed by atoms with Crippen LogP contribution in [0.15, 0.2) is 72.8 Å². The Bertz CT molecular complexity index is 1110. The van der Waals surface area contributed by atoms with Gasteiger partial charge >= 0.3 is 0 Å². The largest absolute Gasteiger partial charge is 0.380 e. The number of morpholine rings is 1. The van der Waals surface area contributed by atoms with Crippen LogP contribution in [-0.2, 0) is 20.9 Å². The zero-order chi connectivity index (χ0) is 23.8. The fourth-order valence-electron chi connectivity index (χ4n) is 3.85. The topological polar surface area (TPSA) is 79.9 Å². The molecule has 3 aromatic carbocycles. The highest BCUT2D eigenvalue weighted by molar-refractivity contribution is 6.05. The number of nitrogens with zero attached hydrogens (tertiary/aromatic N) is 1. The molecular formula is C27H29N3O4. The normalized spacial score (nSPS) is 13.9. The summed E-state index contributed by atoms with van der Waals surface area (Å²) in [6.45, 7) is 3.32. The third kappa shape index (κ3) is 6.29. The zero-order valence-corrected chi connectivity index (χ0v) is 19.3. The average molecular weight is 460 g/mol. The van der Waals surface area contributed by atoms with Crippen molar-refractivity contribution < 1.29 is 19.1 Å². The number of benzene rings is 3. The third-order valence-electron chi connectivity index (χ3n) is 5.67. The van der Waals surface area contributed by atoms with Crippen molar-refractivity contribution >= 4 is 23.2 Å². The molecule has 4 rings (SSSR count). The Morgan fingerprint density at radius 2 is 1.62 bits per heavy atom. The first-order valence-corrected chi connectivity index (χ1v) is 11.3. The van der Waals surface area contributed by atoms with E-state index in [4.69, 9.17) is 9.47 Å². The second-order valence-corrected chi connectivity index (χ2v) is 8.14. The van der Waals surface area contributed by atoms with Crippen molar-refractivity contribution in [1.82, 2.24) is 4.90 Å². The van der Waals surface area contributed by atoms with Crippen LogP contribution in [0.2, 0.25) is 0 Å². The molecule has 0 radical (unpaired) electrons. The van der Waals surface area contributed by atoms with Crippen LogP contribution in [0.1, 0.15) is 15.9 Å². The van der Waals surface area contributed by atoms with Gasteiger partial charge in [-0.1, -0.05) is 48.5 Å². The fraction of sp³-hybridized carbons (Fsp3) is 0.259. The summed E-state index contributed by atoms with van der Waals surface area (Å²) in [5, 5.41) is 5.88. The maximum Gasteiger partial charge on any atom is 0.255 e. The Hall–Kier alpha value is -3.52. The maximum atomic E-state index is 12.9. The predicted molar refractivity (Wildman–Crippen MR) is 133 cm³/mol. The van der Waals surface area contributed by atoms with Crippen LogP contribution in [0.5, 0.6) is 0 Å². The summed E-state index contributed by atoms with van der Waals surface area (Å²) in [7, 11) is 1.60. The van der Waals surface area contributed by atoms with E-state index in [1.807, 2.05) is 59.5 Å². The van der Waals surface area contributed by atoms with Crippen molar-refractivity contribution in [1.29, 1.82) is 0 Å². The van der Waals surface area contributed by atoms with Gasteiger partial charge in [0.2, 0.25) is 5.91 Å². The van der Waals surface area contributed by atoms with Gasteiger partial charge in [-0.3, -0.25) is 14.5 Å². The molecular weight excluding hydrogens is 430 g/mol. The molecule has 0 aliphatic carbocycles. The SMILES string of the molecule is COCc1ccc(C(=O)Nc2ccc(-c3ccccc3)cc2)cc1NC(=O)CN1CCOCC1. The molecule has 1 fully saturated rings. The molecule has 3 aromatic rings.